The number of ether oxygens (including phenoxy) is 1. The summed E-state index contributed by atoms with van der Waals surface area (Å²) in [6, 6.07) is 6.09. The summed E-state index contributed by atoms with van der Waals surface area (Å²) in [7, 11) is 1.54. The van der Waals surface area contributed by atoms with Crippen LogP contribution < -0.4 is 4.74 Å². The molecule has 0 spiro atoms. The van der Waals surface area contributed by atoms with Gasteiger partial charge in [0.1, 0.15) is 12.4 Å². The summed E-state index contributed by atoms with van der Waals surface area (Å²) in [5.41, 5.74) is 0.783. The van der Waals surface area contributed by atoms with Crippen molar-refractivity contribution in [2.75, 3.05) is 13.7 Å². The SMILES string of the molecule is COc1cccc(CC(CO)[N+](=O)[O-])c1. The smallest absolute Gasteiger partial charge is 0.239 e. The van der Waals surface area contributed by atoms with Gasteiger partial charge in [-0.25, -0.2) is 0 Å². The van der Waals surface area contributed by atoms with Crippen molar-refractivity contribution < 1.29 is 14.8 Å². The van der Waals surface area contributed by atoms with Gasteiger partial charge in [-0.05, 0) is 17.7 Å². The summed E-state index contributed by atoms with van der Waals surface area (Å²) in [4.78, 5) is 10.0. The maximum atomic E-state index is 10.5. The number of hydrogen-bond donors (Lipinski definition) is 1. The van der Waals surface area contributed by atoms with Crippen molar-refractivity contribution in [3.8, 4) is 5.75 Å². The zero-order valence-corrected chi connectivity index (χ0v) is 8.42. The van der Waals surface area contributed by atoms with Crippen molar-refractivity contribution in [2.45, 2.75) is 12.5 Å². The molecule has 1 aromatic carbocycles. The van der Waals surface area contributed by atoms with Crippen LogP contribution in [-0.2, 0) is 6.42 Å². The first kappa shape index (κ1) is 11.5. The molecule has 0 aliphatic carbocycles. The Kier molecular flexibility index (Phi) is 4.05. The van der Waals surface area contributed by atoms with Gasteiger partial charge in [-0.2, -0.15) is 0 Å². The molecule has 5 nitrogen and oxygen atoms in total. The van der Waals surface area contributed by atoms with E-state index in [2.05, 4.69) is 0 Å². The van der Waals surface area contributed by atoms with Crippen LogP contribution in [-0.4, -0.2) is 29.8 Å². The molecule has 0 aliphatic heterocycles. The Labute approximate surface area is 87.5 Å². The minimum absolute atomic E-state index is 0.209. The molecule has 0 fully saturated rings. The van der Waals surface area contributed by atoms with Crippen LogP contribution in [0.2, 0.25) is 0 Å². The zero-order chi connectivity index (χ0) is 11.3. The third-order valence-electron chi connectivity index (χ3n) is 2.11. The number of hydrogen-bond acceptors (Lipinski definition) is 4. The van der Waals surface area contributed by atoms with Crippen LogP contribution in [0.5, 0.6) is 5.75 Å². The lowest BCUT2D eigenvalue weighted by atomic mass is 10.1. The van der Waals surface area contributed by atoms with Crippen LogP contribution in [0.1, 0.15) is 5.56 Å². The van der Waals surface area contributed by atoms with E-state index >= 15 is 0 Å². The third kappa shape index (κ3) is 3.21. The molecule has 0 amide bonds. The molecule has 15 heavy (non-hydrogen) atoms. The van der Waals surface area contributed by atoms with Crippen LogP contribution in [0.15, 0.2) is 24.3 Å². The molecule has 1 N–H and O–H groups in total. The van der Waals surface area contributed by atoms with Crippen LogP contribution in [0, 0.1) is 10.1 Å². The largest absolute Gasteiger partial charge is 0.497 e. The van der Waals surface area contributed by atoms with Gasteiger partial charge in [-0.15, -0.1) is 0 Å². The van der Waals surface area contributed by atoms with E-state index in [1.54, 1.807) is 24.3 Å². The second-order valence-corrected chi connectivity index (χ2v) is 3.18. The Morgan fingerprint density at radius 3 is 2.87 bits per heavy atom. The van der Waals surface area contributed by atoms with Gasteiger partial charge in [0.25, 0.3) is 0 Å². The normalized spacial score (nSPS) is 12.1. The second-order valence-electron chi connectivity index (χ2n) is 3.18. The lowest BCUT2D eigenvalue weighted by molar-refractivity contribution is -0.525. The standard InChI is InChI=1S/C10H13NO4/c1-15-10-4-2-3-8(6-10)5-9(7-12)11(13)14/h2-4,6,9,12H,5,7H2,1H3. The van der Waals surface area contributed by atoms with Crippen molar-refractivity contribution >= 4 is 0 Å². The predicted octanol–water partition coefficient (Wildman–Crippen LogP) is 0.875. The van der Waals surface area contributed by atoms with Gasteiger partial charge in [0.15, 0.2) is 0 Å². The lowest BCUT2D eigenvalue weighted by Gasteiger charge is -2.07. The second kappa shape index (κ2) is 5.31. The van der Waals surface area contributed by atoms with Crippen molar-refractivity contribution in [2.24, 2.45) is 0 Å². The van der Waals surface area contributed by atoms with Crippen molar-refractivity contribution in [1.82, 2.24) is 0 Å². The fourth-order valence-electron chi connectivity index (χ4n) is 1.28. The Morgan fingerprint density at radius 2 is 2.33 bits per heavy atom. The molecule has 0 saturated carbocycles. The summed E-state index contributed by atoms with van der Waals surface area (Å²) in [5.74, 6) is 0.660. The number of nitro groups is 1. The number of aliphatic hydroxyl groups is 1. The Balaban J connectivity index is 2.74. The molecule has 0 saturated heterocycles. The maximum absolute atomic E-state index is 10.5. The van der Waals surface area contributed by atoms with Crippen LogP contribution >= 0.6 is 0 Å². The fraction of sp³-hybridized carbons (Fsp3) is 0.400. The lowest BCUT2D eigenvalue weighted by Crippen LogP contribution is -2.26. The number of methoxy groups -OCH3 is 1. The topological polar surface area (TPSA) is 72.6 Å². The average Bonchev–Trinajstić information content (AvgIpc) is 2.25. The molecular formula is C10H13NO4. The Bertz CT molecular complexity index is 340. The first-order valence-corrected chi connectivity index (χ1v) is 4.54. The van der Waals surface area contributed by atoms with Gasteiger partial charge in [0.2, 0.25) is 6.04 Å². The van der Waals surface area contributed by atoms with Crippen molar-refractivity contribution in [3.63, 3.8) is 0 Å². The van der Waals surface area contributed by atoms with Gasteiger partial charge < -0.3 is 9.84 Å². The number of benzene rings is 1. The van der Waals surface area contributed by atoms with Gasteiger partial charge in [0, 0.05) is 11.3 Å². The predicted molar refractivity (Wildman–Crippen MR) is 54.6 cm³/mol. The zero-order valence-electron chi connectivity index (χ0n) is 8.42. The van der Waals surface area contributed by atoms with E-state index in [-0.39, 0.29) is 6.42 Å². The molecule has 0 bridgehead atoms. The van der Waals surface area contributed by atoms with Crippen LogP contribution in [0.3, 0.4) is 0 Å². The first-order valence-electron chi connectivity index (χ1n) is 4.54. The Hall–Kier alpha value is -1.62. The van der Waals surface area contributed by atoms with E-state index in [1.165, 1.54) is 7.11 Å². The summed E-state index contributed by atoms with van der Waals surface area (Å²) >= 11 is 0. The molecule has 0 aromatic heterocycles. The summed E-state index contributed by atoms with van der Waals surface area (Å²) in [6.07, 6.45) is 0.209. The number of nitrogens with zero attached hydrogens (tertiary/aromatic N) is 1. The minimum atomic E-state index is -0.947. The molecule has 0 heterocycles. The molecule has 1 aromatic rings. The molecule has 5 heteroatoms. The molecular weight excluding hydrogens is 198 g/mol. The highest BCUT2D eigenvalue weighted by molar-refractivity contribution is 5.28. The molecule has 0 aliphatic rings. The van der Waals surface area contributed by atoms with E-state index in [4.69, 9.17) is 9.84 Å². The van der Waals surface area contributed by atoms with Gasteiger partial charge in [-0.1, -0.05) is 12.1 Å². The minimum Gasteiger partial charge on any atom is -0.497 e. The van der Waals surface area contributed by atoms with Crippen molar-refractivity contribution in [1.29, 1.82) is 0 Å². The van der Waals surface area contributed by atoms with Gasteiger partial charge in [-0.3, -0.25) is 10.1 Å². The average molecular weight is 211 g/mol. The van der Waals surface area contributed by atoms with E-state index in [1.807, 2.05) is 0 Å². The highest BCUT2D eigenvalue weighted by atomic mass is 16.6. The van der Waals surface area contributed by atoms with E-state index in [0.717, 1.165) is 5.56 Å². The summed E-state index contributed by atoms with van der Waals surface area (Å²) in [5, 5.41) is 19.3. The Morgan fingerprint density at radius 1 is 1.60 bits per heavy atom. The third-order valence-corrected chi connectivity index (χ3v) is 2.11. The molecule has 1 rings (SSSR count). The van der Waals surface area contributed by atoms with E-state index < -0.39 is 17.6 Å². The quantitative estimate of drug-likeness (QED) is 0.579. The first-order chi connectivity index (χ1) is 7.17. The summed E-state index contributed by atoms with van der Waals surface area (Å²) in [6.45, 7) is -0.454. The molecule has 82 valence electrons. The van der Waals surface area contributed by atoms with Crippen molar-refractivity contribution in [3.05, 3.63) is 39.9 Å². The van der Waals surface area contributed by atoms with Crippen LogP contribution in [0.25, 0.3) is 0 Å². The molecule has 0 radical (unpaired) electrons. The number of rotatable bonds is 5. The molecule has 1 unspecified atom stereocenters. The van der Waals surface area contributed by atoms with Gasteiger partial charge >= 0.3 is 0 Å². The number of aliphatic hydroxyl groups excluding tert-OH is 1. The van der Waals surface area contributed by atoms with E-state index in [0.29, 0.717) is 5.75 Å². The highest BCUT2D eigenvalue weighted by Gasteiger charge is 2.19. The monoisotopic (exact) mass is 211 g/mol. The summed E-state index contributed by atoms with van der Waals surface area (Å²) < 4.78 is 5.00. The molecule has 1 atom stereocenters. The van der Waals surface area contributed by atoms with Gasteiger partial charge in [0.05, 0.1) is 7.11 Å². The van der Waals surface area contributed by atoms with E-state index in [9.17, 15) is 10.1 Å². The van der Waals surface area contributed by atoms with Crippen LogP contribution in [0.4, 0.5) is 0 Å². The highest BCUT2D eigenvalue weighted by Crippen LogP contribution is 2.14. The fourth-order valence-corrected chi connectivity index (χ4v) is 1.28. The maximum Gasteiger partial charge on any atom is 0.239 e.